The third-order valence-electron chi connectivity index (χ3n) is 8.74. The van der Waals surface area contributed by atoms with Crippen molar-refractivity contribution in [1.29, 1.82) is 0 Å². The summed E-state index contributed by atoms with van der Waals surface area (Å²) in [6.45, 7) is 2.75. The number of hydrogen-bond acceptors (Lipinski definition) is 6. The quantitative estimate of drug-likeness (QED) is 0.230. The first-order valence-corrected chi connectivity index (χ1v) is 15.3. The van der Waals surface area contributed by atoms with Crippen molar-refractivity contribution in [2.24, 2.45) is 5.41 Å². The molecule has 6 rings (SSSR count). The minimum Gasteiger partial charge on any atom is -0.497 e. The summed E-state index contributed by atoms with van der Waals surface area (Å²) < 4.78 is 53.8. The van der Waals surface area contributed by atoms with E-state index in [4.69, 9.17) is 9.47 Å². The van der Waals surface area contributed by atoms with Crippen molar-refractivity contribution in [3.05, 3.63) is 107 Å². The van der Waals surface area contributed by atoms with Crippen LogP contribution >= 0.6 is 0 Å². The highest BCUT2D eigenvalue weighted by Crippen LogP contribution is 2.51. The monoisotopic (exact) mass is 658 g/mol. The predicted molar refractivity (Wildman–Crippen MR) is 171 cm³/mol. The number of urea groups is 1. The van der Waals surface area contributed by atoms with Gasteiger partial charge in [0, 0.05) is 42.1 Å². The number of benzene rings is 3. The molecule has 2 aliphatic rings. The summed E-state index contributed by atoms with van der Waals surface area (Å²) in [4.78, 5) is 44.8. The fraction of sp³-hybridized carbons (Fsp3) is 0.278. The number of nitrogens with zero attached hydrogens (tertiary/aromatic N) is 2. The van der Waals surface area contributed by atoms with Gasteiger partial charge in [0.25, 0.3) is 11.8 Å². The molecular formula is C36H33F3N4O5. The van der Waals surface area contributed by atoms with Crippen LogP contribution in [0.2, 0.25) is 0 Å². The molecule has 0 bridgehead atoms. The second-order valence-corrected chi connectivity index (χ2v) is 12.4. The zero-order valence-electron chi connectivity index (χ0n) is 26.5. The molecule has 0 saturated carbocycles. The maximum Gasteiger partial charge on any atom is 0.321 e. The Morgan fingerprint density at radius 2 is 1.77 bits per heavy atom. The van der Waals surface area contributed by atoms with E-state index in [1.807, 2.05) is 24.3 Å². The zero-order chi connectivity index (χ0) is 34.2. The Labute approximate surface area is 275 Å². The van der Waals surface area contributed by atoms with Gasteiger partial charge in [-0.25, -0.2) is 22.9 Å². The molecule has 4 amide bonds. The fourth-order valence-electron chi connectivity index (χ4n) is 6.07. The van der Waals surface area contributed by atoms with Crippen molar-refractivity contribution in [3.63, 3.8) is 0 Å². The van der Waals surface area contributed by atoms with Gasteiger partial charge in [0.2, 0.25) is 11.8 Å². The van der Waals surface area contributed by atoms with E-state index in [2.05, 4.69) is 15.6 Å². The Morgan fingerprint density at radius 1 is 1.02 bits per heavy atom. The van der Waals surface area contributed by atoms with E-state index in [9.17, 15) is 23.2 Å². The summed E-state index contributed by atoms with van der Waals surface area (Å²) in [7, 11) is 1.56. The number of carbonyl (C=O) groups excluding carboxylic acids is 3. The largest absolute Gasteiger partial charge is 0.497 e. The number of imide groups is 1. The van der Waals surface area contributed by atoms with Gasteiger partial charge in [-0.3, -0.25) is 14.9 Å². The first-order chi connectivity index (χ1) is 22.9. The van der Waals surface area contributed by atoms with Gasteiger partial charge in [0.05, 0.1) is 30.3 Å². The van der Waals surface area contributed by atoms with Crippen LogP contribution in [0.1, 0.15) is 53.2 Å². The third kappa shape index (κ3) is 6.42. The van der Waals surface area contributed by atoms with Crippen molar-refractivity contribution in [3.8, 4) is 28.6 Å². The number of likely N-dealkylation sites (tertiary alicyclic amines) is 1. The number of carbonyl (C=O) groups is 3. The average Bonchev–Trinajstić information content (AvgIpc) is 3.45. The lowest BCUT2D eigenvalue weighted by atomic mass is 9.69. The number of ether oxygens (including phenoxy) is 2. The van der Waals surface area contributed by atoms with Gasteiger partial charge >= 0.3 is 6.03 Å². The molecule has 0 radical (unpaired) electrons. The van der Waals surface area contributed by atoms with E-state index in [0.29, 0.717) is 28.3 Å². The third-order valence-corrected chi connectivity index (χ3v) is 8.74. The summed E-state index contributed by atoms with van der Waals surface area (Å²) in [5.41, 5.74) is 1.32. The number of para-hydroxylation sites is 1. The number of aromatic nitrogens is 1. The maximum absolute atomic E-state index is 15.2. The molecular weight excluding hydrogens is 625 g/mol. The number of hydrogen-bond donors (Lipinski definition) is 2. The Kier molecular flexibility index (Phi) is 8.59. The number of halogens is 3. The van der Waals surface area contributed by atoms with Crippen LogP contribution < -0.4 is 20.1 Å². The molecule has 0 aliphatic carbocycles. The average molecular weight is 659 g/mol. The van der Waals surface area contributed by atoms with E-state index < -0.39 is 53.9 Å². The van der Waals surface area contributed by atoms with Gasteiger partial charge < -0.3 is 19.7 Å². The lowest BCUT2D eigenvalue weighted by Crippen LogP contribution is -2.48. The second-order valence-electron chi connectivity index (χ2n) is 12.4. The summed E-state index contributed by atoms with van der Waals surface area (Å²) in [6.07, 6.45) is -0.460. The highest BCUT2D eigenvalue weighted by molar-refractivity contribution is 5.98. The van der Waals surface area contributed by atoms with Crippen LogP contribution in [-0.2, 0) is 11.3 Å². The molecule has 1 aromatic heterocycles. The number of alkyl halides is 2. The van der Waals surface area contributed by atoms with Crippen molar-refractivity contribution >= 4 is 17.8 Å². The predicted octanol–water partition coefficient (Wildman–Crippen LogP) is 6.67. The van der Waals surface area contributed by atoms with E-state index >= 15 is 4.39 Å². The Hall–Kier alpha value is -5.39. The first-order valence-electron chi connectivity index (χ1n) is 15.3. The van der Waals surface area contributed by atoms with E-state index in [-0.39, 0.29) is 24.5 Å². The van der Waals surface area contributed by atoms with Gasteiger partial charge in [0.1, 0.15) is 17.3 Å². The number of nitrogens with one attached hydrogen (secondary N) is 2. The SMILES string of the molecule is COc1ccc(CNC(=O)NC(=O)C(C)(C)[C@H]2c3ccccc3Oc3nc(-c4ccc(C(=O)N5CCC(F)(F)C5)c(F)c4)ccc32)cc1. The van der Waals surface area contributed by atoms with Crippen LogP contribution in [0.25, 0.3) is 11.3 Å². The summed E-state index contributed by atoms with van der Waals surface area (Å²) >= 11 is 0. The van der Waals surface area contributed by atoms with Gasteiger partial charge in [-0.15, -0.1) is 0 Å². The molecule has 9 nitrogen and oxygen atoms in total. The molecule has 3 heterocycles. The van der Waals surface area contributed by atoms with Crippen molar-refractivity contribution in [1.82, 2.24) is 20.5 Å². The smallest absolute Gasteiger partial charge is 0.321 e. The molecule has 248 valence electrons. The number of pyridine rings is 1. The standard InChI is InChI=1S/C36H33F3N4O5/c1-35(2,33(45)42-34(46)40-19-21-8-11-23(47-3)12-9-21)30-25-6-4-5-7-29(25)48-31-26(30)14-15-28(41-31)22-10-13-24(27(37)18-22)32(44)43-17-16-36(38,39)20-43/h4-15,18,30H,16-17,19-20H2,1-3H3,(H2,40,42,45,46)/t30-/m0/s1. The van der Waals surface area contributed by atoms with Crippen molar-refractivity contribution in [2.75, 3.05) is 20.2 Å². The Balaban J connectivity index is 1.23. The number of amides is 4. The topological polar surface area (TPSA) is 110 Å². The summed E-state index contributed by atoms with van der Waals surface area (Å²) in [5, 5.41) is 5.17. The molecule has 0 unspecified atom stereocenters. The second kappa shape index (κ2) is 12.7. The van der Waals surface area contributed by atoms with Crippen molar-refractivity contribution in [2.45, 2.75) is 38.7 Å². The van der Waals surface area contributed by atoms with Crippen LogP contribution in [0.4, 0.5) is 18.0 Å². The van der Waals surface area contributed by atoms with Gasteiger partial charge in [0.15, 0.2) is 0 Å². The first kappa shape index (κ1) is 32.5. The molecule has 0 spiro atoms. The molecule has 1 fully saturated rings. The van der Waals surface area contributed by atoms with Crippen LogP contribution in [0.5, 0.6) is 17.4 Å². The Bertz CT molecular complexity index is 1900. The van der Waals surface area contributed by atoms with Crippen molar-refractivity contribution < 1.29 is 37.0 Å². The molecule has 3 aromatic carbocycles. The number of rotatable bonds is 7. The van der Waals surface area contributed by atoms with Crippen LogP contribution in [0, 0.1) is 11.2 Å². The zero-order valence-corrected chi connectivity index (χ0v) is 26.5. The normalized spacial score (nSPS) is 16.3. The van der Waals surface area contributed by atoms with E-state index in [1.54, 1.807) is 57.4 Å². The molecule has 1 saturated heterocycles. The summed E-state index contributed by atoms with van der Waals surface area (Å²) in [5.74, 6) is -4.40. The molecule has 12 heteroatoms. The highest BCUT2D eigenvalue weighted by atomic mass is 19.3. The van der Waals surface area contributed by atoms with E-state index in [1.165, 1.54) is 12.1 Å². The van der Waals surface area contributed by atoms with Crippen LogP contribution in [-0.4, -0.2) is 53.9 Å². The van der Waals surface area contributed by atoms with Gasteiger partial charge in [-0.2, -0.15) is 0 Å². The molecule has 2 aliphatic heterocycles. The molecule has 4 aromatic rings. The maximum atomic E-state index is 15.2. The number of fused-ring (bicyclic) bond motifs is 2. The molecule has 1 atom stereocenters. The number of methoxy groups -OCH3 is 1. The minimum atomic E-state index is -2.99. The summed E-state index contributed by atoms with van der Waals surface area (Å²) in [6, 6.07) is 21.0. The lowest BCUT2D eigenvalue weighted by Gasteiger charge is -2.37. The molecule has 2 N–H and O–H groups in total. The van der Waals surface area contributed by atoms with E-state index in [0.717, 1.165) is 22.1 Å². The fourth-order valence-corrected chi connectivity index (χ4v) is 6.07. The lowest BCUT2D eigenvalue weighted by molar-refractivity contribution is -0.128. The van der Waals surface area contributed by atoms with Crippen LogP contribution in [0.3, 0.4) is 0 Å². The molecule has 48 heavy (non-hydrogen) atoms. The van der Waals surface area contributed by atoms with Crippen LogP contribution in [0.15, 0.2) is 78.9 Å². The minimum absolute atomic E-state index is 0.151. The Morgan fingerprint density at radius 3 is 2.46 bits per heavy atom. The highest BCUT2D eigenvalue weighted by Gasteiger charge is 2.45. The van der Waals surface area contributed by atoms with Gasteiger partial charge in [-0.1, -0.05) is 56.3 Å². The van der Waals surface area contributed by atoms with Gasteiger partial charge in [-0.05, 0) is 42.0 Å².